The second-order valence-electron chi connectivity index (χ2n) is 3.97. The zero-order valence-corrected chi connectivity index (χ0v) is 13.1. The third kappa shape index (κ3) is 4.00. The van der Waals surface area contributed by atoms with E-state index in [9.17, 15) is 4.79 Å². The normalized spacial score (nSPS) is 10.3. The second kappa shape index (κ2) is 6.46. The average Bonchev–Trinajstić information content (AvgIpc) is 2.40. The van der Waals surface area contributed by atoms with Gasteiger partial charge in [0.15, 0.2) is 0 Å². The molecular weight excluding hydrogens is 346 g/mol. The first-order valence-electron chi connectivity index (χ1n) is 5.57. The summed E-state index contributed by atoms with van der Waals surface area (Å²) in [6.45, 7) is 0.458. The lowest BCUT2D eigenvalue weighted by molar-refractivity contribution is 0.0951. The highest BCUT2D eigenvalue weighted by Crippen LogP contribution is 2.19. The van der Waals surface area contributed by atoms with E-state index >= 15 is 0 Å². The zero-order chi connectivity index (χ0) is 13.8. The maximum absolute atomic E-state index is 12.0. The summed E-state index contributed by atoms with van der Waals surface area (Å²) < 4.78 is 1.01. The van der Waals surface area contributed by atoms with Crippen LogP contribution in [0.3, 0.4) is 0 Å². The SMILES string of the molecule is O=C(NCc1ccc(Br)cc1)c1cc(S)ccc1Cl. The van der Waals surface area contributed by atoms with Crippen LogP contribution in [0.1, 0.15) is 15.9 Å². The summed E-state index contributed by atoms with van der Waals surface area (Å²) in [5, 5.41) is 3.25. The summed E-state index contributed by atoms with van der Waals surface area (Å²) >= 11 is 13.6. The molecule has 1 N–H and O–H groups in total. The van der Waals surface area contributed by atoms with Crippen molar-refractivity contribution in [1.29, 1.82) is 0 Å². The number of nitrogens with one attached hydrogen (secondary N) is 1. The molecule has 0 aliphatic carbocycles. The number of benzene rings is 2. The third-order valence-electron chi connectivity index (χ3n) is 2.56. The van der Waals surface area contributed by atoms with Crippen LogP contribution in [0.25, 0.3) is 0 Å². The molecule has 0 saturated carbocycles. The summed E-state index contributed by atoms with van der Waals surface area (Å²) in [6.07, 6.45) is 0. The summed E-state index contributed by atoms with van der Waals surface area (Å²) in [5.74, 6) is -0.205. The number of hydrogen-bond acceptors (Lipinski definition) is 2. The van der Waals surface area contributed by atoms with Gasteiger partial charge in [-0.05, 0) is 35.9 Å². The lowest BCUT2D eigenvalue weighted by atomic mass is 10.2. The van der Waals surface area contributed by atoms with Crippen molar-refractivity contribution in [3.8, 4) is 0 Å². The topological polar surface area (TPSA) is 29.1 Å². The monoisotopic (exact) mass is 355 g/mol. The van der Waals surface area contributed by atoms with Crippen molar-refractivity contribution in [2.24, 2.45) is 0 Å². The Morgan fingerprint density at radius 3 is 2.58 bits per heavy atom. The maximum Gasteiger partial charge on any atom is 0.253 e. The minimum Gasteiger partial charge on any atom is -0.348 e. The molecule has 0 aliphatic heterocycles. The minimum atomic E-state index is -0.205. The molecule has 1 amide bonds. The Morgan fingerprint density at radius 2 is 1.89 bits per heavy atom. The molecule has 0 bridgehead atoms. The van der Waals surface area contributed by atoms with Gasteiger partial charge in [-0.1, -0.05) is 39.7 Å². The number of thiol groups is 1. The zero-order valence-electron chi connectivity index (χ0n) is 9.86. The molecule has 19 heavy (non-hydrogen) atoms. The van der Waals surface area contributed by atoms with Crippen LogP contribution in [-0.2, 0) is 6.54 Å². The van der Waals surface area contributed by atoms with Gasteiger partial charge < -0.3 is 5.32 Å². The van der Waals surface area contributed by atoms with Crippen molar-refractivity contribution in [2.45, 2.75) is 11.4 Å². The molecule has 2 nitrogen and oxygen atoms in total. The van der Waals surface area contributed by atoms with Gasteiger partial charge in [0, 0.05) is 15.9 Å². The summed E-state index contributed by atoms with van der Waals surface area (Å²) in [4.78, 5) is 12.7. The maximum atomic E-state index is 12.0. The molecule has 2 aromatic rings. The fourth-order valence-corrected chi connectivity index (χ4v) is 2.24. The van der Waals surface area contributed by atoms with Gasteiger partial charge in [0.05, 0.1) is 10.6 Å². The fourth-order valence-electron chi connectivity index (χ4n) is 1.57. The highest BCUT2D eigenvalue weighted by molar-refractivity contribution is 9.10. The molecule has 0 saturated heterocycles. The molecule has 2 aromatic carbocycles. The number of carbonyl (C=O) groups excluding carboxylic acids is 1. The van der Waals surface area contributed by atoms with Crippen molar-refractivity contribution >= 4 is 46.1 Å². The molecule has 0 unspecified atom stereocenters. The highest BCUT2D eigenvalue weighted by atomic mass is 79.9. The van der Waals surface area contributed by atoms with E-state index in [2.05, 4.69) is 33.9 Å². The summed E-state index contributed by atoms with van der Waals surface area (Å²) in [7, 11) is 0. The molecule has 0 atom stereocenters. The Labute approximate surface area is 130 Å². The molecule has 0 radical (unpaired) electrons. The summed E-state index contributed by atoms with van der Waals surface area (Å²) in [5.41, 5.74) is 1.46. The van der Waals surface area contributed by atoms with Crippen molar-refractivity contribution < 1.29 is 4.79 Å². The van der Waals surface area contributed by atoms with Gasteiger partial charge in [-0.15, -0.1) is 12.6 Å². The lowest BCUT2D eigenvalue weighted by Crippen LogP contribution is -2.23. The van der Waals surface area contributed by atoms with Crippen molar-refractivity contribution in [3.63, 3.8) is 0 Å². The van der Waals surface area contributed by atoms with Gasteiger partial charge in [-0.3, -0.25) is 4.79 Å². The van der Waals surface area contributed by atoms with Gasteiger partial charge in [-0.2, -0.15) is 0 Å². The van der Waals surface area contributed by atoms with Crippen molar-refractivity contribution in [3.05, 3.63) is 63.1 Å². The van der Waals surface area contributed by atoms with Gasteiger partial charge >= 0.3 is 0 Å². The van der Waals surface area contributed by atoms with E-state index in [-0.39, 0.29) is 5.91 Å². The quantitative estimate of drug-likeness (QED) is 0.788. The molecule has 5 heteroatoms. The van der Waals surface area contributed by atoms with Crippen LogP contribution < -0.4 is 5.32 Å². The van der Waals surface area contributed by atoms with Crippen LogP contribution in [0.2, 0.25) is 5.02 Å². The van der Waals surface area contributed by atoms with Crippen LogP contribution in [0, 0.1) is 0 Å². The Bertz CT molecular complexity index is 601. The van der Waals surface area contributed by atoms with Crippen LogP contribution in [0.15, 0.2) is 51.8 Å². The Hall–Kier alpha value is -0.970. The minimum absolute atomic E-state index is 0.205. The average molecular weight is 357 g/mol. The van der Waals surface area contributed by atoms with Crippen molar-refractivity contribution in [1.82, 2.24) is 5.32 Å². The molecule has 0 fully saturated rings. The Morgan fingerprint density at radius 1 is 1.21 bits per heavy atom. The number of halogens is 2. The number of amides is 1. The predicted molar refractivity (Wildman–Crippen MR) is 84.0 cm³/mol. The highest BCUT2D eigenvalue weighted by Gasteiger charge is 2.10. The summed E-state index contributed by atoms with van der Waals surface area (Å²) in [6, 6.07) is 12.8. The Kier molecular flexibility index (Phi) is 4.91. The van der Waals surface area contributed by atoms with Gasteiger partial charge in [0.2, 0.25) is 0 Å². The van der Waals surface area contributed by atoms with E-state index in [4.69, 9.17) is 11.6 Å². The van der Waals surface area contributed by atoms with E-state index in [0.29, 0.717) is 22.0 Å². The predicted octanol–water partition coefficient (Wildman–Crippen LogP) is 4.32. The van der Waals surface area contributed by atoms with Crippen LogP contribution in [0.5, 0.6) is 0 Å². The number of hydrogen-bond donors (Lipinski definition) is 2. The first kappa shape index (κ1) is 14.4. The standard InChI is InChI=1S/C14H11BrClNOS/c15-10-3-1-9(2-4-10)8-17-14(18)12-7-11(19)5-6-13(12)16/h1-7,19H,8H2,(H,17,18). The van der Waals surface area contributed by atoms with Crippen LogP contribution in [-0.4, -0.2) is 5.91 Å². The first-order valence-corrected chi connectivity index (χ1v) is 7.19. The Balaban J connectivity index is 2.05. The molecule has 98 valence electrons. The number of carbonyl (C=O) groups is 1. The van der Waals surface area contributed by atoms with E-state index < -0.39 is 0 Å². The van der Waals surface area contributed by atoms with Gasteiger partial charge in [0.1, 0.15) is 0 Å². The number of rotatable bonds is 3. The lowest BCUT2D eigenvalue weighted by Gasteiger charge is -2.07. The second-order valence-corrected chi connectivity index (χ2v) is 5.81. The largest absolute Gasteiger partial charge is 0.348 e. The van der Waals surface area contributed by atoms with E-state index in [0.717, 1.165) is 10.0 Å². The molecular formula is C14H11BrClNOS. The first-order chi connectivity index (χ1) is 9.06. The van der Waals surface area contributed by atoms with E-state index in [1.54, 1.807) is 18.2 Å². The molecule has 2 rings (SSSR count). The smallest absolute Gasteiger partial charge is 0.253 e. The van der Waals surface area contributed by atoms with Crippen molar-refractivity contribution in [2.75, 3.05) is 0 Å². The fraction of sp³-hybridized carbons (Fsp3) is 0.0714. The molecule has 0 spiro atoms. The van der Waals surface area contributed by atoms with Gasteiger partial charge in [0.25, 0.3) is 5.91 Å². The van der Waals surface area contributed by atoms with Crippen LogP contribution >= 0.6 is 40.2 Å². The van der Waals surface area contributed by atoms with Gasteiger partial charge in [-0.25, -0.2) is 0 Å². The van der Waals surface area contributed by atoms with Crippen LogP contribution in [0.4, 0.5) is 0 Å². The molecule has 0 aliphatic rings. The molecule has 0 aromatic heterocycles. The molecule has 0 heterocycles. The van der Waals surface area contributed by atoms with E-state index in [1.165, 1.54) is 0 Å². The van der Waals surface area contributed by atoms with E-state index in [1.807, 2.05) is 24.3 Å². The third-order valence-corrected chi connectivity index (χ3v) is 3.70.